The summed E-state index contributed by atoms with van der Waals surface area (Å²) in [6.07, 6.45) is 0. The number of nitro benzene ring substituents is 1. The molecule has 0 radical (unpaired) electrons. The summed E-state index contributed by atoms with van der Waals surface area (Å²) < 4.78 is 1.25. The van der Waals surface area contributed by atoms with Crippen LogP contribution in [0.25, 0.3) is 27.6 Å². The Morgan fingerprint density at radius 1 is 0.973 bits per heavy atom. The van der Waals surface area contributed by atoms with Gasteiger partial charge in [0.25, 0.3) is 5.69 Å². The van der Waals surface area contributed by atoms with Gasteiger partial charge in [0.05, 0.1) is 27.6 Å². The molecule has 0 saturated carbocycles. The lowest BCUT2D eigenvalue weighted by Crippen LogP contribution is -2.13. The number of thiazole rings is 1. The van der Waals surface area contributed by atoms with Gasteiger partial charge in [0.1, 0.15) is 0 Å². The standard InChI is InChI=1S/C25H16N6O5S/c32-23-22(28-27-18-10-6-17(7-11-18)24(33)34)21(16-8-12-19(13-9-16)31(35)36)29-30(23)25-26-20(14-37-25)15-4-2-1-3-5-15/h1-14,29H,(H,33,34). The molecule has 2 aromatic heterocycles. The number of aromatic amines is 1. The van der Waals surface area contributed by atoms with E-state index in [1.807, 2.05) is 35.7 Å². The van der Waals surface area contributed by atoms with Crippen LogP contribution in [0.5, 0.6) is 0 Å². The highest BCUT2D eigenvalue weighted by Crippen LogP contribution is 2.31. The number of azo groups is 1. The average molecular weight is 513 g/mol. The molecule has 11 nitrogen and oxygen atoms in total. The zero-order valence-corrected chi connectivity index (χ0v) is 19.6. The molecule has 0 amide bonds. The van der Waals surface area contributed by atoms with Gasteiger partial charge in [-0.2, -0.15) is 9.80 Å². The average Bonchev–Trinajstić information content (AvgIpc) is 3.53. The number of aromatic nitrogens is 3. The third kappa shape index (κ3) is 4.81. The first-order valence-electron chi connectivity index (χ1n) is 10.8. The molecule has 0 spiro atoms. The summed E-state index contributed by atoms with van der Waals surface area (Å²) in [5, 5.41) is 33.6. The predicted molar refractivity (Wildman–Crippen MR) is 137 cm³/mol. The molecule has 37 heavy (non-hydrogen) atoms. The fourth-order valence-corrected chi connectivity index (χ4v) is 4.28. The minimum absolute atomic E-state index is 0.0346. The third-order valence-corrected chi connectivity index (χ3v) is 6.19. The van der Waals surface area contributed by atoms with E-state index in [2.05, 4.69) is 20.3 Å². The summed E-state index contributed by atoms with van der Waals surface area (Å²) in [5.74, 6) is -1.07. The van der Waals surface area contributed by atoms with Crippen LogP contribution in [-0.4, -0.2) is 30.8 Å². The SMILES string of the molecule is O=C(O)c1ccc(N=Nc2c(-c3ccc([N+](=O)[O-])cc3)[nH]n(-c3nc(-c4ccccc4)cs3)c2=O)cc1. The van der Waals surface area contributed by atoms with Gasteiger partial charge in [-0.3, -0.25) is 20.0 Å². The first-order chi connectivity index (χ1) is 17.9. The van der Waals surface area contributed by atoms with Gasteiger partial charge in [0.2, 0.25) is 5.13 Å². The van der Waals surface area contributed by atoms with Crippen LogP contribution in [0, 0.1) is 10.1 Å². The van der Waals surface area contributed by atoms with Crippen LogP contribution in [-0.2, 0) is 0 Å². The van der Waals surface area contributed by atoms with E-state index in [0.717, 1.165) is 5.56 Å². The highest BCUT2D eigenvalue weighted by Gasteiger charge is 2.20. The van der Waals surface area contributed by atoms with Crippen LogP contribution in [0.3, 0.4) is 0 Å². The molecular formula is C25H16N6O5S. The monoisotopic (exact) mass is 512 g/mol. The van der Waals surface area contributed by atoms with E-state index in [1.54, 1.807) is 0 Å². The maximum absolute atomic E-state index is 13.4. The molecule has 0 aliphatic rings. The second-order valence-corrected chi connectivity index (χ2v) is 8.55. The van der Waals surface area contributed by atoms with Crippen molar-refractivity contribution in [1.29, 1.82) is 0 Å². The first-order valence-corrected chi connectivity index (χ1v) is 11.6. The maximum atomic E-state index is 13.4. The van der Waals surface area contributed by atoms with Gasteiger partial charge in [0, 0.05) is 28.6 Å². The molecule has 0 bridgehead atoms. The van der Waals surface area contributed by atoms with Crippen molar-refractivity contribution >= 4 is 34.4 Å². The van der Waals surface area contributed by atoms with Gasteiger partial charge >= 0.3 is 11.5 Å². The molecule has 3 aromatic carbocycles. The van der Waals surface area contributed by atoms with Crippen LogP contribution in [0.2, 0.25) is 0 Å². The van der Waals surface area contributed by atoms with Crippen molar-refractivity contribution in [2.45, 2.75) is 0 Å². The molecule has 0 unspecified atom stereocenters. The highest BCUT2D eigenvalue weighted by molar-refractivity contribution is 7.12. The van der Waals surface area contributed by atoms with Crippen LogP contribution in [0.1, 0.15) is 10.4 Å². The van der Waals surface area contributed by atoms with E-state index >= 15 is 0 Å². The minimum Gasteiger partial charge on any atom is -0.478 e. The highest BCUT2D eigenvalue weighted by atomic mass is 32.1. The van der Waals surface area contributed by atoms with E-state index in [4.69, 9.17) is 5.11 Å². The number of benzene rings is 3. The number of nitrogens with one attached hydrogen (secondary N) is 1. The molecule has 0 aliphatic carbocycles. The second-order valence-electron chi connectivity index (χ2n) is 7.71. The Hall–Kier alpha value is -5.23. The summed E-state index contributed by atoms with van der Waals surface area (Å²) in [6, 6.07) is 20.9. The van der Waals surface area contributed by atoms with Crippen molar-refractivity contribution < 1.29 is 14.8 Å². The van der Waals surface area contributed by atoms with Gasteiger partial charge in [-0.05, 0) is 36.4 Å². The molecule has 0 saturated heterocycles. The van der Waals surface area contributed by atoms with E-state index in [0.29, 0.717) is 27.8 Å². The zero-order chi connectivity index (χ0) is 25.9. The van der Waals surface area contributed by atoms with E-state index in [-0.39, 0.29) is 16.9 Å². The molecule has 5 rings (SSSR count). The number of hydrogen-bond donors (Lipinski definition) is 2. The Morgan fingerprint density at radius 2 is 1.68 bits per heavy atom. The van der Waals surface area contributed by atoms with Crippen LogP contribution in [0.4, 0.5) is 17.1 Å². The molecule has 5 aromatic rings. The summed E-state index contributed by atoms with van der Waals surface area (Å²) in [5.41, 5.74) is 2.14. The van der Waals surface area contributed by atoms with Crippen molar-refractivity contribution in [2.75, 3.05) is 0 Å². The molecule has 2 N–H and O–H groups in total. The van der Waals surface area contributed by atoms with Gasteiger partial charge < -0.3 is 5.11 Å². The Bertz CT molecular complexity index is 1690. The van der Waals surface area contributed by atoms with Gasteiger partial charge in [-0.25, -0.2) is 9.78 Å². The lowest BCUT2D eigenvalue weighted by atomic mass is 10.1. The lowest BCUT2D eigenvalue weighted by Gasteiger charge is -2.00. The minimum atomic E-state index is -1.07. The Kier molecular flexibility index (Phi) is 6.22. The number of rotatable bonds is 7. The number of hydrogen-bond acceptors (Lipinski definition) is 8. The predicted octanol–water partition coefficient (Wildman–Crippen LogP) is 5.98. The Morgan fingerprint density at radius 3 is 2.32 bits per heavy atom. The van der Waals surface area contributed by atoms with E-state index < -0.39 is 16.5 Å². The second kappa shape index (κ2) is 9.79. The molecule has 12 heteroatoms. The molecule has 0 atom stereocenters. The number of non-ortho nitro benzene ring substituents is 1. The normalized spacial score (nSPS) is 11.1. The van der Waals surface area contributed by atoms with Crippen molar-refractivity contribution in [1.82, 2.24) is 14.8 Å². The topological polar surface area (TPSA) is 156 Å². The summed E-state index contributed by atoms with van der Waals surface area (Å²) in [4.78, 5) is 39.6. The fraction of sp³-hybridized carbons (Fsp3) is 0. The van der Waals surface area contributed by atoms with Crippen LogP contribution >= 0.6 is 11.3 Å². The first kappa shape index (κ1) is 23.5. The van der Waals surface area contributed by atoms with Crippen LogP contribution in [0.15, 0.2) is 99.3 Å². The Labute approximate surface area is 212 Å². The number of carboxylic acids is 1. The van der Waals surface area contributed by atoms with Crippen LogP contribution < -0.4 is 5.56 Å². The third-order valence-electron chi connectivity index (χ3n) is 5.37. The number of aromatic carboxylic acids is 1. The summed E-state index contributed by atoms with van der Waals surface area (Å²) in [7, 11) is 0. The summed E-state index contributed by atoms with van der Waals surface area (Å²) in [6.45, 7) is 0. The molecule has 182 valence electrons. The lowest BCUT2D eigenvalue weighted by molar-refractivity contribution is -0.384. The van der Waals surface area contributed by atoms with Gasteiger partial charge in [-0.1, -0.05) is 30.3 Å². The molecule has 0 fully saturated rings. The maximum Gasteiger partial charge on any atom is 0.335 e. The fourth-order valence-electron chi connectivity index (χ4n) is 3.49. The van der Waals surface area contributed by atoms with E-state index in [9.17, 15) is 19.7 Å². The number of carboxylic acid groups (broad SMARTS) is 1. The molecular weight excluding hydrogens is 496 g/mol. The Balaban J connectivity index is 1.58. The van der Waals surface area contributed by atoms with Crippen molar-refractivity contribution in [3.05, 3.63) is 110 Å². The largest absolute Gasteiger partial charge is 0.478 e. The number of nitro groups is 1. The quantitative estimate of drug-likeness (QED) is 0.155. The molecule has 0 aliphatic heterocycles. The smallest absolute Gasteiger partial charge is 0.335 e. The zero-order valence-electron chi connectivity index (χ0n) is 18.8. The van der Waals surface area contributed by atoms with Crippen molar-refractivity contribution in [3.63, 3.8) is 0 Å². The molecule has 2 heterocycles. The number of carbonyl (C=O) groups is 1. The van der Waals surface area contributed by atoms with Crippen molar-refractivity contribution in [2.24, 2.45) is 10.2 Å². The van der Waals surface area contributed by atoms with Crippen molar-refractivity contribution in [3.8, 4) is 27.6 Å². The number of nitrogens with zero attached hydrogens (tertiary/aromatic N) is 5. The van der Waals surface area contributed by atoms with E-state index in [1.165, 1.54) is 64.5 Å². The van der Waals surface area contributed by atoms with Gasteiger partial charge in [-0.15, -0.1) is 16.5 Å². The number of H-pyrrole nitrogens is 1. The summed E-state index contributed by atoms with van der Waals surface area (Å²) >= 11 is 1.26. The van der Waals surface area contributed by atoms with Gasteiger partial charge in [0.15, 0.2) is 5.69 Å².